The van der Waals surface area contributed by atoms with Gasteiger partial charge in [-0.1, -0.05) is 48.5 Å². The van der Waals surface area contributed by atoms with E-state index in [1.165, 1.54) is 6.21 Å². The molecule has 11 heteroatoms. The van der Waals surface area contributed by atoms with E-state index in [0.29, 0.717) is 6.54 Å². The van der Waals surface area contributed by atoms with E-state index in [1.54, 1.807) is 27.8 Å². The first kappa shape index (κ1) is 32.5. The monoisotopic (exact) mass is 605 g/mol. The van der Waals surface area contributed by atoms with Gasteiger partial charge in [0.05, 0.1) is 12.5 Å². The lowest BCUT2D eigenvalue weighted by Crippen LogP contribution is -2.41. The number of hydrogen-bond donors (Lipinski definition) is 4. The Morgan fingerprint density at radius 3 is 2.16 bits per heavy atom. The molecule has 0 radical (unpaired) electrons. The summed E-state index contributed by atoms with van der Waals surface area (Å²) in [6, 6.07) is 14.7. The Hall–Kier alpha value is -4.41. The third kappa shape index (κ3) is 9.05. The standard InChI is InChI=1S/C33H43N5O6/c1-33(2,3)44-29(39)17-23(19-36-38-31(41)35-18-21-13-15-22(16-14-21)30(40)34-4)37-32(42)43-20-28-26-11-7-5-9-24(26)25-10-6-8-12-27(25)28/h5-12,19,21-23,28H,13-18,20H2,1-4H3,(H,34,40)(H,37,42)(H2,35,38,41)/b36-19+/t21-,22-,23-/m1/s1. The van der Waals surface area contributed by atoms with E-state index in [9.17, 15) is 19.2 Å². The number of nitrogens with zero attached hydrogens (tertiary/aromatic N) is 1. The summed E-state index contributed by atoms with van der Waals surface area (Å²) in [6.45, 7) is 5.83. The van der Waals surface area contributed by atoms with E-state index in [2.05, 4.69) is 38.6 Å². The lowest BCUT2D eigenvalue weighted by Gasteiger charge is -2.27. The zero-order chi connectivity index (χ0) is 31.7. The van der Waals surface area contributed by atoms with Crippen LogP contribution in [0.2, 0.25) is 0 Å². The van der Waals surface area contributed by atoms with Gasteiger partial charge >= 0.3 is 18.1 Å². The van der Waals surface area contributed by atoms with Crippen LogP contribution in [-0.4, -0.2) is 62.1 Å². The predicted molar refractivity (Wildman–Crippen MR) is 167 cm³/mol. The molecule has 4 amide bonds. The Bertz CT molecular complexity index is 1320. The van der Waals surface area contributed by atoms with Gasteiger partial charge in [0.2, 0.25) is 5.91 Å². The van der Waals surface area contributed by atoms with Gasteiger partial charge < -0.3 is 25.4 Å². The molecule has 4 N–H and O–H groups in total. The zero-order valence-corrected chi connectivity index (χ0v) is 25.9. The molecule has 1 fully saturated rings. The number of nitrogens with one attached hydrogen (secondary N) is 4. The summed E-state index contributed by atoms with van der Waals surface area (Å²) in [6.07, 6.45) is 3.64. The van der Waals surface area contributed by atoms with Crippen molar-refractivity contribution >= 4 is 30.2 Å². The van der Waals surface area contributed by atoms with Gasteiger partial charge in [-0.15, -0.1) is 0 Å². The average Bonchev–Trinajstić information content (AvgIpc) is 3.31. The van der Waals surface area contributed by atoms with Crippen LogP contribution >= 0.6 is 0 Å². The molecule has 0 aromatic heterocycles. The molecule has 2 aliphatic rings. The Balaban J connectivity index is 1.30. The summed E-state index contributed by atoms with van der Waals surface area (Å²) in [5.41, 5.74) is 6.09. The highest BCUT2D eigenvalue weighted by Gasteiger charge is 2.30. The van der Waals surface area contributed by atoms with Crippen LogP contribution in [0.15, 0.2) is 53.6 Å². The lowest BCUT2D eigenvalue weighted by atomic mass is 9.81. The van der Waals surface area contributed by atoms with Crippen molar-refractivity contribution in [2.45, 2.75) is 70.4 Å². The number of carbonyl (C=O) groups is 4. The molecular weight excluding hydrogens is 562 g/mol. The van der Waals surface area contributed by atoms with Crippen LogP contribution in [0.5, 0.6) is 0 Å². The SMILES string of the molecule is CNC(=O)[C@H]1CC[C@H](CNC(=O)N/N=C/[C@@H](CC(=O)OC(C)(C)C)NC(=O)OCC2c3ccccc3-c3ccccc32)CC1. The molecule has 0 heterocycles. The van der Waals surface area contributed by atoms with Crippen molar-refractivity contribution in [3.8, 4) is 11.1 Å². The molecule has 2 aliphatic carbocycles. The molecule has 0 unspecified atom stereocenters. The number of urea groups is 1. The summed E-state index contributed by atoms with van der Waals surface area (Å²) in [7, 11) is 1.65. The van der Waals surface area contributed by atoms with Crippen molar-refractivity contribution in [1.82, 2.24) is 21.4 Å². The summed E-state index contributed by atoms with van der Waals surface area (Å²) >= 11 is 0. The number of esters is 1. The van der Waals surface area contributed by atoms with Gasteiger partial charge in [-0.05, 0) is 74.6 Å². The third-order valence-electron chi connectivity index (χ3n) is 7.89. The van der Waals surface area contributed by atoms with Crippen LogP contribution in [0.4, 0.5) is 9.59 Å². The number of hydrazone groups is 1. The second kappa shape index (κ2) is 14.9. The van der Waals surface area contributed by atoms with Gasteiger partial charge in [-0.25, -0.2) is 15.0 Å². The van der Waals surface area contributed by atoms with Gasteiger partial charge in [0.15, 0.2) is 0 Å². The molecule has 2 aromatic rings. The average molecular weight is 606 g/mol. The summed E-state index contributed by atoms with van der Waals surface area (Å²) < 4.78 is 11.0. The molecule has 1 saturated carbocycles. The van der Waals surface area contributed by atoms with Gasteiger partial charge in [0, 0.05) is 31.6 Å². The number of hydrogen-bond acceptors (Lipinski definition) is 7. The first-order valence-electron chi connectivity index (χ1n) is 15.2. The Morgan fingerprint density at radius 1 is 0.955 bits per heavy atom. The van der Waals surface area contributed by atoms with Gasteiger partial charge in [-0.2, -0.15) is 5.10 Å². The molecule has 0 bridgehead atoms. The molecule has 11 nitrogen and oxygen atoms in total. The Labute approximate surface area is 258 Å². The summed E-state index contributed by atoms with van der Waals surface area (Å²) in [5.74, 6) is -0.280. The van der Waals surface area contributed by atoms with Crippen molar-refractivity contribution in [3.63, 3.8) is 0 Å². The maximum Gasteiger partial charge on any atom is 0.407 e. The minimum atomic E-state index is -0.888. The molecule has 0 spiro atoms. The lowest BCUT2D eigenvalue weighted by molar-refractivity contribution is -0.154. The molecule has 2 aromatic carbocycles. The highest BCUT2D eigenvalue weighted by atomic mass is 16.6. The molecule has 0 saturated heterocycles. The van der Waals surface area contributed by atoms with E-state index in [4.69, 9.17) is 9.47 Å². The maximum absolute atomic E-state index is 12.9. The van der Waals surface area contributed by atoms with E-state index < -0.39 is 29.7 Å². The van der Waals surface area contributed by atoms with E-state index in [1.807, 2.05) is 36.4 Å². The first-order valence-corrected chi connectivity index (χ1v) is 15.2. The van der Waals surface area contributed by atoms with Crippen molar-refractivity contribution in [2.24, 2.45) is 16.9 Å². The number of ether oxygens (including phenoxy) is 2. The summed E-state index contributed by atoms with van der Waals surface area (Å²) in [5, 5.41) is 12.1. The molecule has 1 atom stereocenters. The molecule has 0 aliphatic heterocycles. The number of benzene rings is 2. The fourth-order valence-corrected chi connectivity index (χ4v) is 5.79. The predicted octanol–water partition coefficient (Wildman–Crippen LogP) is 4.46. The van der Waals surface area contributed by atoms with Gasteiger partial charge in [0.1, 0.15) is 12.2 Å². The molecule has 4 rings (SSSR count). The summed E-state index contributed by atoms with van der Waals surface area (Å²) in [4.78, 5) is 49.6. The molecular formula is C33H43N5O6. The number of carbonyl (C=O) groups excluding carboxylic acids is 4. The largest absolute Gasteiger partial charge is 0.460 e. The van der Waals surface area contributed by atoms with E-state index in [0.717, 1.165) is 47.9 Å². The third-order valence-corrected chi connectivity index (χ3v) is 7.89. The topological polar surface area (TPSA) is 147 Å². The second-order valence-electron chi connectivity index (χ2n) is 12.3. The van der Waals surface area contributed by atoms with Crippen LogP contribution in [0.1, 0.15) is 69.9 Å². The van der Waals surface area contributed by atoms with Crippen molar-refractivity contribution < 1.29 is 28.7 Å². The molecule has 236 valence electrons. The highest BCUT2D eigenvalue weighted by Crippen LogP contribution is 2.44. The van der Waals surface area contributed by atoms with E-state index in [-0.39, 0.29) is 36.7 Å². The zero-order valence-electron chi connectivity index (χ0n) is 25.9. The van der Waals surface area contributed by atoms with Gasteiger partial charge in [-0.3, -0.25) is 9.59 Å². The Kier molecular flexibility index (Phi) is 11.0. The number of fused-ring (bicyclic) bond motifs is 3. The smallest absolute Gasteiger partial charge is 0.407 e. The minimum Gasteiger partial charge on any atom is -0.460 e. The van der Waals surface area contributed by atoms with Crippen molar-refractivity contribution in [3.05, 3.63) is 59.7 Å². The second-order valence-corrected chi connectivity index (χ2v) is 12.3. The fraction of sp³-hybridized carbons (Fsp3) is 0.485. The Morgan fingerprint density at radius 2 is 1.57 bits per heavy atom. The van der Waals surface area contributed by atoms with E-state index >= 15 is 0 Å². The van der Waals surface area contributed by atoms with Crippen LogP contribution in [0, 0.1) is 11.8 Å². The van der Waals surface area contributed by atoms with Crippen LogP contribution < -0.4 is 21.4 Å². The quantitative estimate of drug-likeness (QED) is 0.179. The highest BCUT2D eigenvalue weighted by molar-refractivity contribution is 5.83. The first-order chi connectivity index (χ1) is 21.0. The van der Waals surface area contributed by atoms with Crippen LogP contribution in [0.3, 0.4) is 0 Å². The minimum absolute atomic E-state index is 0.0283. The normalized spacial score (nSPS) is 18.5. The maximum atomic E-state index is 12.9. The number of alkyl carbamates (subject to hydrolysis) is 1. The van der Waals surface area contributed by atoms with Crippen molar-refractivity contribution in [1.29, 1.82) is 0 Å². The van der Waals surface area contributed by atoms with Crippen molar-refractivity contribution in [2.75, 3.05) is 20.2 Å². The van der Waals surface area contributed by atoms with Crippen LogP contribution in [-0.2, 0) is 19.1 Å². The number of rotatable bonds is 10. The fourth-order valence-electron chi connectivity index (χ4n) is 5.79. The number of amides is 4. The van der Waals surface area contributed by atoms with Crippen LogP contribution in [0.25, 0.3) is 11.1 Å². The van der Waals surface area contributed by atoms with Gasteiger partial charge in [0.25, 0.3) is 0 Å². The molecule has 44 heavy (non-hydrogen) atoms.